The van der Waals surface area contributed by atoms with Crippen molar-refractivity contribution in [1.29, 1.82) is 0 Å². The number of nitrogens with one attached hydrogen (secondary N) is 1. The van der Waals surface area contributed by atoms with Crippen molar-refractivity contribution in [1.82, 2.24) is 14.5 Å². The maximum Gasteiger partial charge on any atom is 0.328 e. The number of benzene rings is 1. The third-order valence-corrected chi connectivity index (χ3v) is 4.62. The van der Waals surface area contributed by atoms with E-state index in [1.165, 1.54) is 16.8 Å². The highest BCUT2D eigenvalue weighted by atomic mass is 32.2. The fraction of sp³-hybridized carbons (Fsp3) is 0.389. The molecule has 25 heavy (non-hydrogen) atoms. The summed E-state index contributed by atoms with van der Waals surface area (Å²) in [6.07, 6.45) is 3.63. The van der Waals surface area contributed by atoms with Gasteiger partial charge >= 0.3 is 5.69 Å². The second-order valence-corrected chi connectivity index (χ2v) is 6.90. The lowest BCUT2D eigenvalue weighted by atomic mass is 10.1. The minimum atomic E-state index is -0.496. The Bertz CT molecular complexity index is 842. The highest BCUT2D eigenvalue weighted by Crippen LogP contribution is 2.18. The molecule has 0 aliphatic carbocycles. The molecule has 1 N–H and O–H groups in total. The summed E-state index contributed by atoms with van der Waals surface area (Å²) < 4.78 is 1.34. The van der Waals surface area contributed by atoms with Gasteiger partial charge in [-0.3, -0.25) is 14.6 Å². The van der Waals surface area contributed by atoms with Gasteiger partial charge in [0.15, 0.2) is 0 Å². The minimum absolute atomic E-state index is 0.0253. The first-order valence-electron chi connectivity index (χ1n) is 8.13. The Morgan fingerprint density at radius 3 is 2.68 bits per heavy atom. The molecule has 7 heteroatoms. The van der Waals surface area contributed by atoms with Crippen molar-refractivity contribution in [2.24, 2.45) is 0 Å². The number of rotatable bonds is 7. The Hall–Kier alpha value is -2.28. The van der Waals surface area contributed by atoms with Crippen LogP contribution in [0.3, 0.4) is 0 Å². The van der Waals surface area contributed by atoms with Crippen molar-refractivity contribution in [2.45, 2.75) is 44.3 Å². The molecular formula is C18H23N3O3S. The number of nitrogens with zero attached hydrogens (tertiary/aromatic N) is 2. The minimum Gasteiger partial charge on any atom is -0.336 e. The molecule has 0 atom stereocenters. The van der Waals surface area contributed by atoms with Crippen molar-refractivity contribution in [2.75, 3.05) is 6.26 Å². The van der Waals surface area contributed by atoms with Crippen LogP contribution in [0.25, 0.3) is 0 Å². The molecule has 6 nitrogen and oxygen atoms in total. The van der Waals surface area contributed by atoms with E-state index in [1.807, 2.05) is 38.3 Å². The number of hydrogen-bond donors (Lipinski definition) is 1. The number of aromatic amines is 1. The summed E-state index contributed by atoms with van der Waals surface area (Å²) in [5, 5.41) is 0. The van der Waals surface area contributed by atoms with Gasteiger partial charge in [-0.2, -0.15) is 0 Å². The molecule has 1 heterocycles. The smallest absolute Gasteiger partial charge is 0.328 e. The molecule has 134 valence electrons. The third-order valence-electron chi connectivity index (χ3n) is 3.89. The molecule has 0 fully saturated rings. The molecule has 0 saturated heterocycles. The van der Waals surface area contributed by atoms with Crippen LogP contribution in [0.4, 0.5) is 0 Å². The van der Waals surface area contributed by atoms with Crippen molar-refractivity contribution in [3.05, 3.63) is 62.9 Å². The van der Waals surface area contributed by atoms with Gasteiger partial charge < -0.3 is 9.47 Å². The molecule has 1 aromatic carbocycles. The predicted octanol–water partition coefficient (Wildman–Crippen LogP) is 2.09. The normalized spacial score (nSPS) is 10.9. The fourth-order valence-electron chi connectivity index (χ4n) is 2.51. The molecule has 0 spiro atoms. The van der Waals surface area contributed by atoms with Crippen LogP contribution in [0.2, 0.25) is 0 Å². The van der Waals surface area contributed by atoms with Gasteiger partial charge in [0.05, 0.1) is 0 Å². The molecule has 2 rings (SSSR count). The number of amides is 1. The lowest BCUT2D eigenvalue weighted by Crippen LogP contribution is -2.37. The zero-order valence-corrected chi connectivity index (χ0v) is 15.5. The molecule has 0 aliphatic rings. The number of hydrogen-bond acceptors (Lipinski definition) is 4. The van der Waals surface area contributed by atoms with Crippen LogP contribution in [0.15, 0.2) is 51.0 Å². The van der Waals surface area contributed by atoms with E-state index in [2.05, 4.69) is 11.1 Å². The molecule has 0 radical (unpaired) electrons. The molecular weight excluding hydrogens is 338 g/mol. The first kappa shape index (κ1) is 19.1. The van der Waals surface area contributed by atoms with E-state index in [4.69, 9.17) is 0 Å². The van der Waals surface area contributed by atoms with E-state index in [-0.39, 0.29) is 24.9 Å². The highest BCUT2D eigenvalue weighted by Gasteiger charge is 2.17. The number of thioether (sulfide) groups is 1. The van der Waals surface area contributed by atoms with Gasteiger partial charge in [0.2, 0.25) is 5.91 Å². The topological polar surface area (TPSA) is 75.2 Å². The van der Waals surface area contributed by atoms with Crippen LogP contribution >= 0.6 is 11.8 Å². The van der Waals surface area contributed by atoms with Crippen molar-refractivity contribution in [3.63, 3.8) is 0 Å². The van der Waals surface area contributed by atoms with Crippen LogP contribution < -0.4 is 11.2 Å². The first-order chi connectivity index (χ1) is 11.9. The summed E-state index contributed by atoms with van der Waals surface area (Å²) in [6, 6.07) is 9.45. The fourth-order valence-corrected chi connectivity index (χ4v) is 2.99. The summed E-state index contributed by atoms with van der Waals surface area (Å²) in [5.74, 6) is -0.0253. The second-order valence-electron chi connectivity index (χ2n) is 6.02. The number of carbonyl (C=O) groups is 1. The Morgan fingerprint density at radius 2 is 2.04 bits per heavy atom. The predicted molar refractivity (Wildman–Crippen MR) is 99.8 cm³/mol. The van der Waals surface area contributed by atoms with Gasteiger partial charge in [0.25, 0.3) is 5.56 Å². The number of aromatic nitrogens is 2. The average molecular weight is 361 g/mol. The summed E-state index contributed by atoms with van der Waals surface area (Å²) >= 11 is 1.67. The van der Waals surface area contributed by atoms with Crippen LogP contribution in [0, 0.1) is 0 Å². The monoisotopic (exact) mass is 361 g/mol. The second kappa shape index (κ2) is 8.71. The maximum absolute atomic E-state index is 12.6. The Labute approximate surface area is 150 Å². The molecule has 2 aromatic rings. The van der Waals surface area contributed by atoms with E-state index in [1.54, 1.807) is 16.7 Å². The highest BCUT2D eigenvalue weighted by molar-refractivity contribution is 7.98. The van der Waals surface area contributed by atoms with E-state index in [9.17, 15) is 14.4 Å². The Kier molecular flexibility index (Phi) is 6.64. The maximum atomic E-state index is 12.6. The van der Waals surface area contributed by atoms with Gasteiger partial charge in [0, 0.05) is 42.7 Å². The molecule has 0 saturated carbocycles. The average Bonchev–Trinajstić information content (AvgIpc) is 2.58. The van der Waals surface area contributed by atoms with Crippen LogP contribution in [0.1, 0.15) is 25.8 Å². The molecule has 0 unspecified atom stereocenters. The van der Waals surface area contributed by atoms with Crippen LogP contribution in [0.5, 0.6) is 0 Å². The standard InChI is InChI=1S/C18H23N3O3S/c1-13(2)21(12-14-5-4-6-15(11-14)25-3)17(23)8-10-20-9-7-16(22)19-18(20)24/h4-7,9,11,13H,8,10,12H2,1-3H3,(H,19,22,24). The Morgan fingerprint density at radius 1 is 1.28 bits per heavy atom. The summed E-state index contributed by atoms with van der Waals surface area (Å²) in [5.41, 5.74) is 0.143. The summed E-state index contributed by atoms with van der Waals surface area (Å²) in [7, 11) is 0. The van der Waals surface area contributed by atoms with E-state index in [0.717, 1.165) is 10.5 Å². The van der Waals surface area contributed by atoms with Crippen molar-refractivity contribution in [3.8, 4) is 0 Å². The molecule has 1 aromatic heterocycles. The van der Waals surface area contributed by atoms with E-state index in [0.29, 0.717) is 6.54 Å². The summed E-state index contributed by atoms with van der Waals surface area (Å²) in [6.45, 7) is 4.72. The molecule has 0 aliphatic heterocycles. The number of aryl methyl sites for hydroxylation is 1. The Balaban J connectivity index is 2.07. The van der Waals surface area contributed by atoms with E-state index < -0.39 is 11.2 Å². The zero-order chi connectivity index (χ0) is 18.4. The lowest BCUT2D eigenvalue weighted by Gasteiger charge is -2.27. The zero-order valence-electron chi connectivity index (χ0n) is 14.7. The largest absolute Gasteiger partial charge is 0.336 e. The van der Waals surface area contributed by atoms with Crippen LogP contribution in [-0.4, -0.2) is 32.7 Å². The third kappa shape index (κ3) is 5.35. The van der Waals surface area contributed by atoms with Gasteiger partial charge in [-0.25, -0.2) is 4.79 Å². The number of carbonyl (C=O) groups excluding carboxylic acids is 1. The molecule has 0 bridgehead atoms. The van der Waals surface area contributed by atoms with Gasteiger partial charge in [-0.15, -0.1) is 11.8 Å². The first-order valence-corrected chi connectivity index (χ1v) is 9.35. The SMILES string of the molecule is CSc1cccc(CN(C(=O)CCn2ccc(=O)[nH]c2=O)C(C)C)c1. The summed E-state index contributed by atoms with van der Waals surface area (Å²) in [4.78, 5) is 40.6. The van der Waals surface area contributed by atoms with Gasteiger partial charge in [0.1, 0.15) is 0 Å². The number of H-pyrrole nitrogens is 1. The quantitative estimate of drug-likeness (QED) is 0.766. The van der Waals surface area contributed by atoms with Gasteiger partial charge in [-0.1, -0.05) is 12.1 Å². The van der Waals surface area contributed by atoms with Crippen LogP contribution in [-0.2, 0) is 17.9 Å². The van der Waals surface area contributed by atoms with Gasteiger partial charge in [-0.05, 0) is 37.8 Å². The van der Waals surface area contributed by atoms with E-state index >= 15 is 0 Å². The molecule has 1 amide bonds. The van der Waals surface area contributed by atoms with Crippen molar-refractivity contribution >= 4 is 17.7 Å². The van der Waals surface area contributed by atoms with Crippen molar-refractivity contribution < 1.29 is 4.79 Å². The lowest BCUT2D eigenvalue weighted by molar-refractivity contribution is -0.133.